The lowest BCUT2D eigenvalue weighted by molar-refractivity contribution is -0.106. The minimum atomic E-state index is -0.305. The third kappa shape index (κ3) is 3.67. The molecule has 1 aliphatic rings. The van der Waals surface area contributed by atoms with Crippen LogP contribution >= 0.6 is 0 Å². The molecule has 0 spiro atoms. The van der Waals surface area contributed by atoms with Crippen molar-refractivity contribution in [2.24, 2.45) is 0 Å². The zero-order chi connectivity index (χ0) is 19.8. The molecule has 2 amide bonds. The first-order valence-corrected chi connectivity index (χ1v) is 8.72. The minimum Gasteiger partial charge on any atom is -0.347 e. The molecule has 1 heterocycles. The Bertz CT molecular complexity index is 937. The van der Waals surface area contributed by atoms with Gasteiger partial charge < -0.3 is 10.2 Å². The first-order chi connectivity index (χ1) is 12.7. The third-order valence-electron chi connectivity index (χ3n) is 4.40. The second kappa shape index (κ2) is 6.83. The van der Waals surface area contributed by atoms with Crippen molar-refractivity contribution in [1.82, 2.24) is 10.2 Å². The minimum absolute atomic E-state index is 0.129. The summed E-state index contributed by atoms with van der Waals surface area (Å²) in [5.41, 5.74) is 3.67. The average molecular weight is 362 g/mol. The number of nitrogens with one attached hydrogen (secondary N) is 1. The summed E-state index contributed by atoms with van der Waals surface area (Å²) in [5.74, 6) is -0.346. The maximum atomic E-state index is 12.5. The number of allylic oxidation sites excluding steroid dienone is 1. The Kier molecular flexibility index (Phi) is 4.70. The third-order valence-corrected chi connectivity index (χ3v) is 4.40. The zero-order valence-electron chi connectivity index (χ0n) is 15.7. The van der Waals surface area contributed by atoms with Crippen molar-refractivity contribution in [2.45, 2.75) is 32.9 Å². The van der Waals surface area contributed by atoms with Crippen LogP contribution in [-0.4, -0.2) is 28.5 Å². The standard InChI is InChI=1S/C22H22N2O3/c1-14(13-25)24-12-19-17(6-5-7-18(19)21(24)27)15-8-10-16(11-9-15)20(26)23-22(2,3)4/h5-11,13H,1,12H2,2-4H3,(H,23,26). The monoisotopic (exact) mass is 362 g/mol. The van der Waals surface area contributed by atoms with Gasteiger partial charge in [0, 0.05) is 16.7 Å². The van der Waals surface area contributed by atoms with Crippen LogP contribution in [0.25, 0.3) is 11.1 Å². The van der Waals surface area contributed by atoms with Crippen LogP contribution in [0.1, 0.15) is 47.1 Å². The SMILES string of the molecule is C=C(C=O)N1Cc2c(cccc2-c2ccc(C(=O)NC(C)(C)C)cc2)C1=O. The number of fused-ring (bicyclic) bond motifs is 1. The van der Waals surface area contributed by atoms with Gasteiger partial charge >= 0.3 is 0 Å². The quantitative estimate of drug-likeness (QED) is 0.668. The molecule has 0 fully saturated rings. The van der Waals surface area contributed by atoms with Gasteiger partial charge in [0.1, 0.15) is 0 Å². The second-order valence-electron chi connectivity index (χ2n) is 7.61. The van der Waals surface area contributed by atoms with Gasteiger partial charge in [-0.15, -0.1) is 0 Å². The molecule has 27 heavy (non-hydrogen) atoms. The lowest BCUT2D eigenvalue weighted by Gasteiger charge is -2.20. The number of hydrogen-bond acceptors (Lipinski definition) is 3. The van der Waals surface area contributed by atoms with E-state index in [-0.39, 0.29) is 23.1 Å². The molecule has 1 N–H and O–H groups in total. The molecule has 5 nitrogen and oxygen atoms in total. The first-order valence-electron chi connectivity index (χ1n) is 8.72. The molecule has 0 saturated carbocycles. The molecule has 2 aromatic rings. The van der Waals surface area contributed by atoms with Crippen molar-refractivity contribution in [2.75, 3.05) is 0 Å². The van der Waals surface area contributed by atoms with E-state index in [4.69, 9.17) is 0 Å². The van der Waals surface area contributed by atoms with E-state index >= 15 is 0 Å². The Morgan fingerprint density at radius 2 is 1.74 bits per heavy atom. The topological polar surface area (TPSA) is 66.5 Å². The second-order valence-corrected chi connectivity index (χ2v) is 7.61. The van der Waals surface area contributed by atoms with Crippen molar-refractivity contribution >= 4 is 18.1 Å². The Balaban J connectivity index is 1.92. The number of aldehydes is 1. The maximum Gasteiger partial charge on any atom is 0.259 e. The van der Waals surface area contributed by atoms with Gasteiger partial charge in [-0.2, -0.15) is 0 Å². The van der Waals surface area contributed by atoms with Crippen molar-refractivity contribution in [1.29, 1.82) is 0 Å². The zero-order valence-corrected chi connectivity index (χ0v) is 15.7. The van der Waals surface area contributed by atoms with Crippen molar-refractivity contribution < 1.29 is 14.4 Å². The predicted molar refractivity (Wildman–Crippen MR) is 104 cm³/mol. The van der Waals surface area contributed by atoms with Crippen molar-refractivity contribution in [3.8, 4) is 11.1 Å². The molecular formula is C22H22N2O3. The van der Waals surface area contributed by atoms with Crippen LogP contribution < -0.4 is 5.32 Å². The lowest BCUT2D eigenvalue weighted by atomic mass is 9.96. The molecule has 5 heteroatoms. The van der Waals surface area contributed by atoms with Crippen LogP contribution in [0, 0.1) is 0 Å². The highest BCUT2D eigenvalue weighted by atomic mass is 16.2. The van der Waals surface area contributed by atoms with Gasteiger partial charge in [0.25, 0.3) is 11.8 Å². The first kappa shape index (κ1) is 18.6. The number of nitrogens with zero attached hydrogens (tertiary/aromatic N) is 1. The molecule has 3 rings (SSSR count). The van der Waals surface area contributed by atoms with E-state index in [9.17, 15) is 14.4 Å². The van der Waals surface area contributed by atoms with E-state index in [0.29, 0.717) is 24.0 Å². The Hall–Kier alpha value is -3.21. The molecule has 0 saturated heterocycles. The molecule has 0 atom stereocenters. The summed E-state index contributed by atoms with van der Waals surface area (Å²) in [7, 11) is 0. The van der Waals surface area contributed by atoms with Crippen molar-refractivity contribution in [3.05, 3.63) is 71.4 Å². The Morgan fingerprint density at radius 1 is 1.11 bits per heavy atom. The smallest absolute Gasteiger partial charge is 0.259 e. The summed E-state index contributed by atoms with van der Waals surface area (Å²) in [4.78, 5) is 37.2. The molecule has 1 aliphatic heterocycles. The number of benzene rings is 2. The van der Waals surface area contributed by atoms with Gasteiger partial charge in [0.15, 0.2) is 6.29 Å². The summed E-state index contributed by atoms with van der Waals surface area (Å²) in [6.07, 6.45) is 0.589. The molecule has 138 valence electrons. The molecule has 2 aromatic carbocycles. The Labute approximate surface area is 158 Å². The highest BCUT2D eigenvalue weighted by Gasteiger charge is 2.31. The number of carbonyl (C=O) groups excluding carboxylic acids is 3. The summed E-state index contributed by atoms with van der Waals surface area (Å²) in [5, 5.41) is 2.93. The maximum absolute atomic E-state index is 12.5. The van der Waals surface area contributed by atoms with E-state index in [0.717, 1.165) is 16.7 Å². The van der Waals surface area contributed by atoms with Crippen LogP contribution in [0.15, 0.2) is 54.7 Å². The highest BCUT2D eigenvalue weighted by Crippen LogP contribution is 2.34. The lowest BCUT2D eigenvalue weighted by Crippen LogP contribution is -2.40. The summed E-state index contributed by atoms with van der Waals surface area (Å²) in [6.45, 7) is 9.76. The van der Waals surface area contributed by atoms with Gasteiger partial charge in [-0.3, -0.25) is 14.4 Å². The van der Waals surface area contributed by atoms with Crippen LogP contribution in [0.4, 0.5) is 0 Å². The number of carbonyl (C=O) groups is 3. The number of rotatable bonds is 4. The molecule has 0 bridgehead atoms. The predicted octanol–water partition coefficient (Wildman–Crippen LogP) is 3.55. The van der Waals surface area contributed by atoms with E-state index in [1.165, 1.54) is 4.90 Å². The molecule has 0 unspecified atom stereocenters. The van der Waals surface area contributed by atoms with Gasteiger partial charge in [0.2, 0.25) is 0 Å². The van der Waals surface area contributed by atoms with E-state index in [1.54, 1.807) is 18.2 Å². The summed E-state index contributed by atoms with van der Waals surface area (Å²) < 4.78 is 0. The summed E-state index contributed by atoms with van der Waals surface area (Å²) >= 11 is 0. The summed E-state index contributed by atoms with van der Waals surface area (Å²) in [6, 6.07) is 12.8. The normalized spacial score (nSPS) is 13.3. The molecule has 0 radical (unpaired) electrons. The van der Waals surface area contributed by atoms with Gasteiger partial charge in [0.05, 0.1) is 12.2 Å². The molecule has 0 aromatic heterocycles. The largest absolute Gasteiger partial charge is 0.347 e. The van der Waals surface area contributed by atoms with E-state index in [2.05, 4.69) is 11.9 Å². The average Bonchev–Trinajstić information content (AvgIpc) is 2.97. The van der Waals surface area contributed by atoms with Gasteiger partial charge in [-0.1, -0.05) is 30.8 Å². The van der Waals surface area contributed by atoms with E-state index in [1.807, 2.05) is 45.0 Å². The highest BCUT2D eigenvalue weighted by molar-refractivity contribution is 6.03. The fraction of sp³-hybridized carbons (Fsp3) is 0.227. The fourth-order valence-corrected chi connectivity index (χ4v) is 3.11. The van der Waals surface area contributed by atoms with Crippen LogP contribution in [0.3, 0.4) is 0 Å². The van der Waals surface area contributed by atoms with Crippen LogP contribution in [0.2, 0.25) is 0 Å². The van der Waals surface area contributed by atoms with Crippen LogP contribution in [0.5, 0.6) is 0 Å². The number of amides is 2. The number of hydrogen-bond donors (Lipinski definition) is 1. The van der Waals surface area contributed by atoms with Crippen LogP contribution in [-0.2, 0) is 11.3 Å². The molecular weight excluding hydrogens is 340 g/mol. The Morgan fingerprint density at radius 3 is 2.33 bits per heavy atom. The van der Waals surface area contributed by atoms with Gasteiger partial charge in [-0.25, -0.2) is 0 Å². The van der Waals surface area contributed by atoms with Crippen molar-refractivity contribution in [3.63, 3.8) is 0 Å². The fourth-order valence-electron chi connectivity index (χ4n) is 3.11. The molecule has 0 aliphatic carbocycles. The van der Waals surface area contributed by atoms with E-state index < -0.39 is 0 Å². The van der Waals surface area contributed by atoms with Gasteiger partial charge in [-0.05, 0) is 55.7 Å².